The third kappa shape index (κ3) is 4.34. The lowest BCUT2D eigenvalue weighted by molar-refractivity contribution is -0.137. The number of hydrogen-bond acceptors (Lipinski definition) is 4. The van der Waals surface area contributed by atoms with Crippen molar-refractivity contribution in [1.82, 2.24) is 9.97 Å². The van der Waals surface area contributed by atoms with Crippen molar-refractivity contribution >= 4 is 22.1 Å². The van der Waals surface area contributed by atoms with Crippen LogP contribution in [0.4, 0.5) is 13.2 Å². The SMILES string of the molecule is CC.Cc1ncc(C(F)(F)F)c(-c2cc(S(C)=O)cs2)n1. The highest BCUT2D eigenvalue weighted by atomic mass is 32.2. The molecular formula is C13H15F3N2OS2. The zero-order chi connectivity index (χ0) is 16.2. The molecule has 3 nitrogen and oxygen atoms in total. The number of aromatic nitrogens is 2. The monoisotopic (exact) mass is 336 g/mol. The Balaban J connectivity index is 0.00000106. The van der Waals surface area contributed by atoms with E-state index < -0.39 is 22.5 Å². The minimum Gasteiger partial charge on any atom is -0.255 e. The van der Waals surface area contributed by atoms with Gasteiger partial charge in [0.05, 0.1) is 21.4 Å². The average Bonchev–Trinajstić information content (AvgIpc) is 2.89. The first-order valence-electron chi connectivity index (χ1n) is 6.12. The van der Waals surface area contributed by atoms with Crippen LogP contribution in [0.25, 0.3) is 10.6 Å². The van der Waals surface area contributed by atoms with Crippen LogP contribution in [0, 0.1) is 6.92 Å². The van der Waals surface area contributed by atoms with Gasteiger partial charge in [-0.25, -0.2) is 9.97 Å². The molecule has 2 rings (SSSR count). The van der Waals surface area contributed by atoms with Gasteiger partial charge in [0.2, 0.25) is 0 Å². The van der Waals surface area contributed by atoms with Crippen LogP contribution >= 0.6 is 11.3 Å². The van der Waals surface area contributed by atoms with Crippen molar-refractivity contribution in [3.05, 3.63) is 29.0 Å². The summed E-state index contributed by atoms with van der Waals surface area (Å²) < 4.78 is 50.0. The molecule has 0 aliphatic rings. The van der Waals surface area contributed by atoms with E-state index in [0.717, 1.165) is 17.5 Å². The Hall–Kier alpha value is -1.28. The van der Waals surface area contributed by atoms with E-state index >= 15 is 0 Å². The maximum atomic E-state index is 12.9. The summed E-state index contributed by atoms with van der Waals surface area (Å²) in [5, 5.41) is 1.57. The van der Waals surface area contributed by atoms with Crippen LogP contribution in [-0.2, 0) is 17.0 Å². The molecule has 0 N–H and O–H groups in total. The lowest BCUT2D eigenvalue weighted by Gasteiger charge is -2.10. The molecule has 0 amide bonds. The van der Waals surface area contributed by atoms with Gasteiger partial charge in [-0.2, -0.15) is 13.2 Å². The van der Waals surface area contributed by atoms with Crippen LogP contribution in [0.1, 0.15) is 25.2 Å². The Morgan fingerprint density at radius 3 is 2.38 bits per heavy atom. The number of hydrogen-bond donors (Lipinski definition) is 0. The molecule has 8 heteroatoms. The van der Waals surface area contributed by atoms with Crippen molar-refractivity contribution < 1.29 is 17.4 Å². The van der Waals surface area contributed by atoms with E-state index in [4.69, 9.17) is 0 Å². The van der Waals surface area contributed by atoms with E-state index in [1.54, 1.807) is 5.38 Å². The van der Waals surface area contributed by atoms with Gasteiger partial charge < -0.3 is 0 Å². The standard InChI is InChI=1S/C11H9F3N2OS2.C2H6/c1-6-15-4-8(11(12,13)14)10(16-6)9-3-7(5-18-9)19(2)17;1-2/h3-5H,1-2H3;1-2H3. The summed E-state index contributed by atoms with van der Waals surface area (Å²) in [5.41, 5.74) is -1.05. The van der Waals surface area contributed by atoms with Crippen LogP contribution in [0.5, 0.6) is 0 Å². The van der Waals surface area contributed by atoms with Crippen LogP contribution in [-0.4, -0.2) is 20.4 Å². The largest absolute Gasteiger partial charge is 0.420 e. The predicted molar refractivity (Wildman–Crippen MR) is 78.8 cm³/mol. The van der Waals surface area contributed by atoms with Crippen LogP contribution in [0.3, 0.4) is 0 Å². The lowest BCUT2D eigenvalue weighted by Crippen LogP contribution is -2.09. The van der Waals surface area contributed by atoms with Gasteiger partial charge in [-0.15, -0.1) is 11.3 Å². The Bertz CT molecular complexity index is 639. The van der Waals surface area contributed by atoms with Crippen molar-refractivity contribution in [2.75, 3.05) is 6.26 Å². The predicted octanol–water partition coefficient (Wildman–Crippen LogP) is 4.30. The molecule has 1 atom stereocenters. The first-order valence-corrected chi connectivity index (χ1v) is 8.56. The highest BCUT2D eigenvalue weighted by molar-refractivity contribution is 7.84. The number of halogens is 3. The molecule has 0 aliphatic carbocycles. The number of rotatable bonds is 2. The molecule has 0 aliphatic heterocycles. The third-order valence-corrected chi connectivity index (χ3v) is 4.34. The van der Waals surface area contributed by atoms with Gasteiger partial charge >= 0.3 is 6.18 Å². The molecule has 0 spiro atoms. The molecule has 1 unspecified atom stereocenters. The van der Waals surface area contributed by atoms with Crippen LogP contribution < -0.4 is 0 Å². The summed E-state index contributed by atoms with van der Waals surface area (Å²) in [6.07, 6.45) is -2.26. The molecule has 21 heavy (non-hydrogen) atoms. The number of thiophene rings is 1. The van der Waals surface area contributed by atoms with E-state index in [9.17, 15) is 17.4 Å². The topological polar surface area (TPSA) is 42.9 Å². The van der Waals surface area contributed by atoms with Gasteiger partial charge in [0.25, 0.3) is 0 Å². The minimum atomic E-state index is -4.52. The van der Waals surface area contributed by atoms with E-state index in [0.29, 0.717) is 9.77 Å². The van der Waals surface area contributed by atoms with E-state index in [1.165, 1.54) is 19.2 Å². The molecular weight excluding hydrogens is 321 g/mol. The van der Waals surface area contributed by atoms with Crippen molar-refractivity contribution in [3.63, 3.8) is 0 Å². The molecule has 2 aromatic rings. The number of aryl methyl sites for hydroxylation is 1. The quantitative estimate of drug-likeness (QED) is 0.821. The molecule has 2 aromatic heterocycles. The molecule has 0 saturated carbocycles. The normalized spacial score (nSPS) is 12.5. The summed E-state index contributed by atoms with van der Waals surface area (Å²) in [4.78, 5) is 8.28. The number of alkyl halides is 3. The van der Waals surface area contributed by atoms with Crippen molar-refractivity contribution in [1.29, 1.82) is 0 Å². The van der Waals surface area contributed by atoms with Crippen molar-refractivity contribution in [2.24, 2.45) is 0 Å². The zero-order valence-corrected chi connectivity index (χ0v) is 13.6. The highest BCUT2D eigenvalue weighted by Gasteiger charge is 2.35. The fraction of sp³-hybridized carbons (Fsp3) is 0.385. The average molecular weight is 336 g/mol. The maximum Gasteiger partial charge on any atom is 0.420 e. The number of nitrogens with zero attached hydrogens (tertiary/aromatic N) is 2. The Kier molecular flexibility index (Phi) is 6.03. The first kappa shape index (κ1) is 17.8. The third-order valence-electron chi connectivity index (χ3n) is 2.36. The Morgan fingerprint density at radius 2 is 1.90 bits per heavy atom. The fourth-order valence-electron chi connectivity index (χ4n) is 1.46. The zero-order valence-electron chi connectivity index (χ0n) is 12.0. The van der Waals surface area contributed by atoms with E-state index in [2.05, 4.69) is 9.97 Å². The highest BCUT2D eigenvalue weighted by Crippen LogP contribution is 2.38. The smallest absolute Gasteiger partial charge is 0.255 e. The Labute approximate surface area is 127 Å². The van der Waals surface area contributed by atoms with E-state index in [1.807, 2.05) is 13.8 Å². The fourth-order valence-corrected chi connectivity index (χ4v) is 3.28. The summed E-state index contributed by atoms with van der Waals surface area (Å²) in [6, 6.07) is 1.47. The maximum absolute atomic E-state index is 12.9. The molecule has 0 radical (unpaired) electrons. The minimum absolute atomic E-state index is 0.165. The molecule has 0 bridgehead atoms. The van der Waals surface area contributed by atoms with Crippen LogP contribution in [0.15, 0.2) is 22.5 Å². The molecule has 2 heterocycles. The summed E-state index contributed by atoms with van der Waals surface area (Å²) in [7, 11) is -1.23. The second kappa shape index (κ2) is 7.13. The molecule has 0 aromatic carbocycles. The van der Waals surface area contributed by atoms with Gasteiger partial charge in [0.1, 0.15) is 11.4 Å². The lowest BCUT2D eigenvalue weighted by atomic mass is 10.2. The van der Waals surface area contributed by atoms with Gasteiger partial charge in [0.15, 0.2) is 0 Å². The van der Waals surface area contributed by atoms with Crippen molar-refractivity contribution in [3.8, 4) is 10.6 Å². The second-order valence-corrected chi connectivity index (χ2v) is 6.07. The van der Waals surface area contributed by atoms with E-state index in [-0.39, 0.29) is 11.5 Å². The first-order chi connectivity index (χ1) is 9.79. The van der Waals surface area contributed by atoms with Crippen molar-refractivity contribution in [2.45, 2.75) is 31.8 Å². The van der Waals surface area contributed by atoms with Gasteiger partial charge in [-0.05, 0) is 13.0 Å². The molecule has 0 saturated heterocycles. The molecule has 0 fully saturated rings. The van der Waals surface area contributed by atoms with Gasteiger partial charge in [0, 0.05) is 22.7 Å². The summed E-state index contributed by atoms with van der Waals surface area (Å²) >= 11 is 1.09. The molecule has 116 valence electrons. The summed E-state index contributed by atoms with van der Waals surface area (Å²) in [6.45, 7) is 5.52. The van der Waals surface area contributed by atoms with Gasteiger partial charge in [-0.3, -0.25) is 4.21 Å². The van der Waals surface area contributed by atoms with Gasteiger partial charge in [-0.1, -0.05) is 13.8 Å². The second-order valence-electron chi connectivity index (χ2n) is 3.78. The Morgan fingerprint density at radius 1 is 1.29 bits per heavy atom. The van der Waals surface area contributed by atoms with Crippen LogP contribution in [0.2, 0.25) is 0 Å². The summed E-state index contributed by atoms with van der Waals surface area (Å²) in [5.74, 6) is 0.260.